The quantitative estimate of drug-likeness (QED) is 0.639. The monoisotopic (exact) mass is 474 g/mol. The normalized spacial score (nSPS) is 24.3. The summed E-state index contributed by atoms with van der Waals surface area (Å²) in [4.78, 5) is 35.6. The van der Waals surface area contributed by atoms with Crippen molar-refractivity contribution < 1.29 is 24.2 Å². The summed E-state index contributed by atoms with van der Waals surface area (Å²) in [5.74, 6) is -0.613. The fourth-order valence-electron chi connectivity index (χ4n) is 5.39. The zero-order valence-electron chi connectivity index (χ0n) is 21.0. The van der Waals surface area contributed by atoms with E-state index >= 15 is 0 Å². The lowest BCUT2D eigenvalue weighted by Gasteiger charge is -2.43. The van der Waals surface area contributed by atoms with E-state index in [4.69, 9.17) is 9.47 Å². The molecule has 1 spiro atoms. The number of aromatic carboxylic acids is 1. The molecule has 2 heterocycles. The molecule has 0 radical (unpaired) electrons. The van der Waals surface area contributed by atoms with Crippen LogP contribution in [0.25, 0.3) is 0 Å². The van der Waals surface area contributed by atoms with Crippen molar-refractivity contribution in [1.82, 2.24) is 15.3 Å². The highest BCUT2D eigenvalue weighted by Crippen LogP contribution is 2.49. The van der Waals surface area contributed by atoms with Gasteiger partial charge in [-0.3, -0.25) is 0 Å². The molecule has 0 aromatic carbocycles. The van der Waals surface area contributed by atoms with E-state index in [1.807, 2.05) is 39.5 Å². The second-order valence-electron chi connectivity index (χ2n) is 11.0. The van der Waals surface area contributed by atoms with Crippen LogP contribution in [0.15, 0.2) is 0 Å². The zero-order chi connectivity index (χ0) is 24.7. The number of piperidine rings is 1. The molecule has 34 heavy (non-hydrogen) atoms. The van der Waals surface area contributed by atoms with Gasteiger partial charge in [0.05, 0.1) is 23.6 Å². The van der Waals surface area contributed by atoms with Crippen LogP contribution in [-0.4, -0.2) is 64.1 Å². The average molecular weight is 475 g/mol. The smallest absolute Gasteiger partial charge is 0.407 e. The highest BCUT2D eigenvalue weighted by molar-refractivity contribution is 5.91. The number of rotatable bonds is 6. The highest BCUT2D eigenvalue weighted by atomic mass is 16.6. The summed E-state index contributed by atoms with van der Waals surface area (Å²) in [5, 5.41) is 12.9. The lowest BCUT2D eigenvalue weighted by molar-refractivity contribution is 0.0333. The minimum Gasteiger partial charge on any atom is -0.476 e. The number of alkyl carbamates (subject to hydrolysis) is 1. The van der Waals surface area contributed by atoms with Crippen LogP contribution in [0.3, 0.4) is 0 Å². The van der Waals surface area contributed by atoms with Crippen LogP contribution in [0.5, 0.6) is 0 Å². The van der Waals surface area contributed by atoms with Gasteiger partial charge in [-0.1, -0.05) is 6.92 Å². The number of hydrogen-bond acceptors (Lipinski definition) is 7. The van der Waals surface area contributed by atoms with Gasteiger partial charge in [-0.05, 0) is 78.1 Å². The topological polar surface area (TPSA) is 114 Å². The van der Waals surface area contributed by atoms with Crippen molar-refractivity contribution in [3.63, 3.8) is 0 Å². The van der Waals surface area contributed by atoms with Gasteiger partial charge >= 0.3 is 12.1 Å². The maximum Gasteiger partial charge on any atom is 0.407 e. The molecular formula is C25H38N4O5. The van der Waals surface area contributed by atoms with Crippen molar-refractivity contribution in [1.29, 1.82) is 0 Å². The summed E-state index contributed by atoms with van der Waals surface area (Å²) < 4.78 is 11.8. The van der Waals surface area contributed by atoms with Gasteiger partial charge in [-0.25, -0.2) is 19.6 Å². The molecular weight excluding hydrogens is 436 g/mol. The molecule has 0 bridgehead atoms. The van der Waals surface area contributed by atoms with E-state index < -0.39 is 17.7 Å². The largest absolute Gasteiger partial charge is 0.476 e. The Balaban J connectivity index is 1.51. The number of nitrogens with zero attached hydrogens (tertiary/aromatic N) is 3. The van der Waals surface area contributed by atoms with E-state index in [1.54, 1.807) is 0 Å². The third-order valence-electron chi connectivity index (χ3n) is 7.22. The lowest BCUT2D eigenvalue weighted by Crippen LogP contribution is -2.51. The Morgan fingerprint density at radius 1 is 1.18 bits per heavy atom. The number of carboxylic acid groups (broad SMARTS) is 1. The Morgan fingerprint density at radius 3 is 2.41 bits per heavy atom. The second-order valence-corrected chi connectivity index (χ2v) is 11.0. The first kappa shape index (κ1) is 24.7. The summed E-state index contributed by atoms with van der Waals surface area (Å²) in [6.07, 6.45) is 6.26. The van der Waals surface area contributed by atoms with Gasteiger partial charge in [0.25, 0.3) is 0 Å². The summed E-state index contributed by atoms with van der Waals surface area (Å²) in [7, 11) is 0. The standard InChI is InChI=1S/C25H38N4O5/c1-6-18-15(2)26-21(20(27-18)22(30)31)29-11-9-25(10-12-29)14-17(33-16-7-8-16)13-19(25)28-23(32)34-24(3,4)5/h16-17,19H,6-14H2,1-5H3,(H,28,32)(H,30,31)/t17-,19+/m0/s1. The molecule has 9 nitrogen and oxygen atoms in total. The third kappa shape index (κ3) is 5.45. The van der Waals surface area contributed by atoms with Gasteiger partial charge in [0, 0.05) is 19.1 Å². The van der Waals surface area contributed by atoms with E-state index in [-0.39, 0.29) is 23.3 Å². The summed E-state index contributed by atoms with van der Waals surface area (Å²) >= 11 is 0. The SMILES string of the molecule is CCc1nc(C(=O)O)c(N2CCC3(CC2)C[C@@H](OC2CC2)C[C@H]3NC(=O)OC(C)(C)C)nc1C. The maximum atomic E-state index is 12.6. The van der Waals surface area contributed by atoms with Crippen LogP contribution in [0, 0.1) is 12.3 Å². The molecule has 2 saturated carbocycles. The molecule has 3 aliphatic rings. The molecule has 2 N–H and O–H groups in total. The molecule has 1 aromatic heterocycles. The van der Waals surface area contributed by atoms with E-state index in [9.17, 15) is 14.7 Å². The molecule has 4 rings (SSSR count). The van der Waals surface area contributed by atoms with Gasteiger partial charge in [-0.2, -0.15) is 0 Å². The van der Waals surface area contributed by atoms with Gasteiger partial charge in [-0.15, -0.1) is 0 Å². The molecule has 1 aliphatic heterocycles. The Bertz CT molecular complexity index is 932. The van der Waals surface area contributed by atoms with Crippen LogP contribution in [-0.2, 0) is 15.9 Å². The lowest BCUT2D eigenvalue weighted by atomic mass is 9.74. The average Bonchev–Trinajstić information content (AvgIpc) is 3.50. The first-order valence-electron chi connectivity index (χ1n) is 12.5. The maximum absolute atomic E-state index is 12.6. The first-order valence-corrected chi connectivity index (χ1v) is 12.5. The molecule has 1 saturated heterocycles. The molecule has 2 aliphatic carbocycles. The highest BCUT2D eigenvalue weighted by Gasteiger charge is 2.51. The first-order chi connectivity index (χ1) is 16.0. The Kier molecular flexibility index (Phi) is 6.77. The number of ether oxygens (including phenoxy) is 2. The molecule has 3 fully saturated rings. The number of carboxylic acids is 1. The minimum atomic E-state index is -1.05. The Labute approximate surface area is 201 Å². The van der Waals surface area contributed by atoms with Gasteiger partial charge < -0.3 is 24.8 Å². The van der Waals surface area contributed by atoms with Crippen molar-refractivity contribution in [2.24, 2.45) is 5.41 Å². The van der Waals surface area contributed by atoms with Crippen LogP contribution in [0.2, 0.25) is 0 Å². The zero-order valence-corrected chi connectivity index (χ0v) is 21.0. The number of aryl methyl sites for hydroxylation is 2. The number of amides is 1. The van der Waals surface area contributed by atoms with Crippen LogP contribution < -0.4 is 10.2 Å². The number of nitrogens with one attached hydrogen (secondary N) is 1. The van der Waals surface area contributed by atoms with Crippen molar-refractivity contribution in [3.05, 3.63) is 17.1 Å². The van der Waals surface area contributed by atoms with Gasteiger partial charge in [0.1, 0.15) is 5.60 Å². The number of hydrogen-bond donors (Lipinski definition) is 2. The van der Waals surface area contributed by atoms with Crippen molar-refractivity contribution >= 4 is 17.9 Å². The fourth-order valence-corrected chi connectivity index (χ4v) is 5.39. The molecule has 188 valence electrons. The molecule has 1 aromatic rings. The Hall–Kier alpha value is -2.42. The van der Waals surface area contributed by atoms with Gasteiger partial charge in [0.15, 0.2) is 11.5 Å². The predicted molar refractivity (Wildman–Crippen MR) is 127 cm³/mol. The number of anilines is 1. The van der Waals surface area contributed by atoms with Crippen molar-refractivity contribution in [2.45, 2.75) is 103 Å². The minimum absolute atomic E-state index is 0.0168. The summed E-state index contributed by atoms with van der Waals surface area (Å²) in [5.41, 5.74) is 0.834. The van der Waals surface area contributed by atoms with E-state index in [2.05, 4.69) is 15.3 Å². The molecule has 2 atom stereocenters. The predicted octanol–water partition coefficient (Wildman–Crippen LogP) is 3.87. The van der Waals surface area contributed by atoms with Crippen LogP contribution in [0.1, 0.15) is 88.1 Å². The Morgan fingerprint density at radius 2 is 1.85 bits per heavy atom. The summed E-state index contributed by atoms with van der Waals surface area (Å²) in [6.45, 7) is 10.7. The van der Waals surface area contributed by atoms with Crippen molar-refractivity contribution in [2.75, 3.05) is 18.0 Å². The van der Waals surface area contributed by atoms with Crippen molar-refractivity contribution in [3.8, 4) is 0 Å². The van der Waals surface area contributed by atoms with Gasteiger partial charge in [0.2, 0.25) is 0 Å². The number of carbonyl (C=O) groups excluding carboxylic acids is 1. The second kappa shape index (κ2) is 9.32. The molecule has 1 amide bonds. The van der Waals surface area contributed by atoms with E-state index in [0.717, 1.165) is 44.2 Å². The summed E-state index contributed by atoms with van der Waals surface area (Å²) in [6, 6.07) is -0.0394. The number of carbonyl (C=O) groups is 2. The van der Waals surface area contributed by atoms with Crippen LogP contribution >= 0.6 is 0 Å². The van der Waals surface area contributed by atoms with E-state index in [0.29, 0.717) is 37.1 Å². The number of aromatic nitrogens is 2. The molecule has 0 unspecified atom stereocenters. The fraction of sp³-hybridized carbons (Fsp3) is 0.760. The van der Waals surface area contributed by atoms with Crippen LogP contribution in [0.4, 0.5) is 10.6 Å². The third-order valence-corrected chi connectivity index (χ3v) is 7.22. The van der Waals surface area contributed by atoms with E-state index in [1.165, 1.54) is 0 Å². The molecule has 9 heteroatoms.